The lowest BCUT2D eigenvalue weighted by Crippen LogP contribution is -2.44. The van der Waals surface area contributed by atoms with Crippen molar-refractivity contribution in [3.8, 4) is 0 Å². The summed E-state index contributed by atoms with van der Waals surface area (Å²) in [6, 6.07) is 5.26. The van der Waals surface area contributed by atoms with Gasteiger partial charge in [0.1, 0.15) is 0 Å². The van der Waals surface area contributed by atoms with Crippen LogP contribution in [0.2, 0.25) is 5.02 Å². The van der Waals surface area contributed by atoms with E-state index in [2.05, 4.69) is 21.2 Å². The minimum absolute atomic E-state index is 0.0707. The van der Waals surface area contributed by atoms with Crippen LogP contribution in [0.1, 0.15) is 29.8 Å². The highest BCUT2D eigenvalue weighted by Gasteiger charge is 2.20. The highest BCUT2D eigenvalue weighted by Crippen LogP contribution is 2.16. The summed E-state index contributed by atoms with van der Waals surface area (Å²) >= 11 is 9.21. The molecule has 0 heterocycles. The predicted molar refractivity (Wildman–Crippen MR) is 71.5 cm³/mol. The van der Waals surface area contributed by atoms with Gasteiger partial charge in [0.25, 0.3) is 5.91 Å². The molecule has 88 valence electrons. The van der Waals surface area contributed by atoms with Crippen LogP contribution in [0.4, 0.5) is 0 Å². The Morgan fingerprint density at radius 3 is 2.62 bits per heavy atom. The molecule has 0 radical (unpaired) electrons. The van der Waals surface area contributed by atoms with E-state index in [0.29, 0.717) is 15.9 Å². The molecule has 0 saturated carbocycles. The number of carbonyl (C=O) groups excluding carboxylic acids is 1. The van der Waals surface area contributed by atoms with E-state index in [4.69, 9.17) is 11.6 Å². The number of carbonyl (C=O) groups is 1. The molecule has 16 heavy (non-hydrogen) atoms. The van der Waals surface area contributed by atoms with Crippen LogP contribution in [0.25, 0.3) is 0 Å². The minimum atomic E-state index is -0.261. The van der Waals surface area contributed by atoms with Crippen molar-refractivity contribution in [2.24, 2.45) is 0 Å². The van der Waals surface area contributed by atoms with Crippen molar-refractivity contribution in [1.29, 1.82) is 0 Å². The maximum Gasteiger partial charge on any atom is 0.251 e. The molecular formula is C12H15BrClNO. The van der Waals surface area contributed by atoms with Crippen LogP contribution in [0, 0.1) is 6.92 Å². The number of aryl methyl sites for hydroxylation is 1. The zero-order valence-electron chi connectivity index (χ0n) is 9.60. The Labute approximate surface area is 110 Å². The first-order valence-electron chi connectivity index (χ1n) is 5.00. The Morgan fingerprint density at radius 2 is 2.12 bits per heavy atom. The van der Waals surface area contributed by atoms with E-state index in [-0.39, 0.29) is 11.4 Å². The molecule has 0 spiro atoms. The van der Waals surface area contributed by atoms with Gasteiger partial charge in [0.2, 0.25) is 0 Å². The summed E-state index contributed by atoms with van der Waals surface area (Å²) in [4.78, 5) is 12.0. The molecule has 1 aromatic rings. The second kappa shape index (κ2) is 5.19. The summed E-state index contributed by atoms with van der Waals surface area (Å²) in [6.07, 6.45) is 0. The van der Waals surface area contributed by atoms with Gasteiger partial charge in [-0.05, 0) is 44.5 Å². The van der Waals surface area contributed by atoms with Gasteiger partial charge in [0.05, 0.1) is 0 Å². The smallest absolute Gasteiger partial charge is 0.251 e. The van der Waals surface area contributed by atoms with E-state index in [1.807, 2.05) is 20.8 Å². The highest BCUT2D eigenvalue weighted by atomic mass is 79.9. The third-order valence-corrected chi connectivity index (χ3v) is 3.86. The molecule has 1 N–H and O–H groups in total. The van der Waals surface area contributed by atoms with Crippen molar-refractivity contribution in [3.63, 3.8) is 0 Å². The molecule has 0 aliphatic rings. The van der Waals surface area contributed by atoms with Crippen molar-refractivity contribution in [2.45, 2.75) is 26.3 Å². The molecule has 1 amide bonds. The molecule has 0 saturated heterocycles. The molecule has 0 aliphatic heterocycles. The first-order chi connectivity index (χ1) is 7.35. The lowest BCUT2D eigenvalue weighted by Gasteiger charge is -2.24. The molecule has 0 atom stereocenters. The van der Waals surface area contributed by atoms with Crippen LogP contribution >= 0.6 is 27.5 Å². The second-order valence-corrected chi connectivity index (χ2v) is 5.43. The van der Waals surface area contributed by atoms with Gasteiger partial charge in [-0.25, -0.2) is 0 Å². The maximum atomic E-state index is 12.0. The standard InChI is InChI=1S/C12H15BrClNO/c1-8-6-9(14)4-5-10(8)11(16)15-12(2,3)7-13/h4-6H,7H2,1-3H3,(H,15,16). The summed E-state index contributed by atoms with van der Waals surface area (Å²) in [6.45, 7) is 5.80. The number of halogens is 2. The van der Waals surface area contributed by atoms with E-state index in [1.54, 1.807) is 18.2 Å². The lowest BCUT2D eigenvalue weighted by atomic mass is 10.0. The van der Waals surface area contributed by atoms with Crippen LogP contribution in [0.5, 0.6) is 0 Å². The summed E-state index contributed by atoms with van der Waals surface area (Å²) in [5.74, 6) is -0.0707. The summed E-state index contributed by atoms with van der Waals surface area (Å²) in [5, 5.41) is 4.31. The van der Waals surface area contributed by atoms with Crippen LogP contribution in [-0.4, -0.2) is 16.8 Å². The van der Waals surface area contributed by atoms with Crippen molar-refractivity contribution in [3.05, 3.63) is 34.3 Å². The average molecular weight is 305 g/mol. The van der Waals surface area contributed by atoms with Gasteiger partial charge >= 0.3 is 0 Å². The zero-order chi connectivity index (χ0) is 12.3. The number of rotatable bonds is 3. The summed E-state index contributed by atoms with van der Waals surface area (Å²) < 4.78 is 0. The highest BCUT2D eigenvalue weighted by molar-refractivity contribution is 9.09. The molecular weight excluding hydrogens is 289 g/mol. The fourth-order valence-corrected chi connectivity index (χ4v) is 1.66. The molecule has 2 nitrogen and oxygen atoms in total. The van der Waals surface area contributed by atoms with E-state index in [0.717, 1.165) is 5.56 Å². The molecule has 1 rings (SSSR count). The maximum absolute atomic E-state index is 12.0. The number of benzene rings is 1. The van der Waals surface area contributed by atoms with Gasteiger partial charge in [-0.1, -0.05) is 27.5 Å². The van der Waals surface area contributed by atoms with Gasteiger partial charge in [-0.2, -0.15) is 0 Å². The van der Waals surface area contributed by atoms with Crippen molar-refractivity contribution < 1.29 is 4.79 Å². The first-order valence-corrected chi connectivity index (χ1v) is 6.50. The Morgan fingerprint density at radius 1 is 1.50 bits per heavy atom. The molecule has 0 aromatic heterocycles. The zero-order valence-corrected chi connectivity index (χ0v) is 11.9. The van der Waals surface area contributed by atoms with Crippen LogP contribution < -0.4 is 5.32 Å². The molecule has 1 aromatic carbocycles. The average Bonchev–Trinajstić information content (AvgIpc) is 2.16. The van der Waals surface area contributed by atoms with Crippen LogP contribution in [-0.2, 0) is 0 Å². The molecule has 0 unspecified atom stereocenters. The quantitative estimate of drug-likeness (QED) is 0.850. The topological polar surface area (TPSA) is 29.1 Å². The number of amides is 1. The Kier molecular flexibility index (Phi) is 4.39. The van der Waals surface area contributed by atoms with E-state index in [1.165, 1.54) is 0 Å². The van der Waals surface area contributed by atoms with Gasteiger partial charge in [-0.15, -0.1) is 0 Å². The van der Waals surface area contributed by atoms with Crippen LogP contribution in [0.15, 0.2) is 18.2 Å². The Hall–Kier alpha value is -0.540. The fraction of sp³-hybridized carbons (Fsp3) is 0.417. The largest absolute Gasteiger partial charge is 0.346 e. The van der Waals surface area contributed by atoms with Crippen molar-refractivity contribution >= 4 is 33.4 Å². The van der Waals surface area contributed by atoms with E-state index in [9.17, 15) is 4.79 Å². The van der Waals surface area contributed by atoms with Crippen molar-refractivity contribution in [1.82, 2.24) is 5.32 Å². The monoisotopic (exact) mass is 303 g/mol. The van der Waals surface area contributed by atoms with Gasteiger partial charge in [0.15, 0.2) is 0 Å². The normalized spacial score (nSPS) is 11.3. The van der Waals surface area contributed by atoms with Gasteiger partial charge < -0.3 is 5.32 Å². The van der Waals surface area contributed by atoms with Crippen LogP contribution in [0.3, 0.4) is 0 Å². The van der Waals surface area contributed by atoms with E-state index >= 15 is 0 Å². The fourth-order valence-electron chi connectivity index (χ4n) is 1.29. The predicted octanol–water partition coefficient (Wildman–Crippen LogP) is 3.55. The second-order valence-electron chi connectivity index (χ2n) is 4.43. The molecule has 0 bridgehead atoms. The van der Waals surface area contributed by atoms with Gasteiger partial charge in [-0.3, -0.25) is 4.79 Å². The number of alkyl halides is 1. The number of hydrogen-bond donors (Lipinski definition) is 1. The number of hydrogen-bond acceptors (Lipinski definition) is 1. The molecule has 4 heteroatoms. The Balaban J connectivity index is 2.89. The Bertz CT molecular complexity index is 404. The molecule has 0 aliphatic carbocycles. The van der Waals surface area contributed by atoms with Crippen molar-refractivity contribution in [2.75, 3.05) is 5.33 Å². The summed E-state index contributed by atoms with van der Waals surface area (Å²) in [5.41, 5.74) is 1.29. The summed E-state index contributed by atoms with van der Waals surface area (Å²) in [7, 11) is 0. The first kappa shape index (κ1) is 13.5. The lowest BCUT2D eigenvalue weighted by molar-refractivity contribution is 0.0920. The SMILES string of the molecule is Cc1cc(Cl)ccc1C(=O)NC(C)(C)CBr. The number of nitrogens with one attached hydrogen (secondary N) is 1. The third-order valence-electron chi connectivity index (χ3n) is 2.22. The minimum Gasteiger partial charge on any atom is -0.346 e. The van der Waals surface area contributed by atoms with E-state index < -0.39 is 0 Å². The molecule has 0 fully saturated rings. The third kappa shape index (κ3) is 3.49. The van der Waals surface area contributed by atoms with Gasteiger partial charge in [0, 0.05) is 21.5 Å².